The first-order chi connectivity index (χ1) is 12.0. The maximum Gasteiger partial charge on any atom is 0.524 e. The Morgan fingerprint density at radius 1 is 0.800 bits per heavy atom. The van der Waals surface area contributed by atoms with Crippen LogP contribution >= 0.6 is 7.82 Å². The van der Waals surface area contributed by atoms with Crippen LogP contribution in [0.1, 0.15) is 0 Å². The molecule has 0 aromatic heterocycles. The predicted octanol–water partition coefficient (Wildman–Crippen LogP) is 4.93. The summed E-state index contributed by atoms with van der Waals surface area (Å²) in [6.45, 7) is 0. The Morgan fingerprint density at radius 3 is 2.16 bits per heavy atom. The van der Waals surface area contributed by atoms with Gasteiger partial charge in [0.2, 0.25) is 0 Å². The van der Waals surface area contributed by atoms with Crippen LogP contribution in [0.2, 0.25) is 0 Å². The molecular formula is C20H14O4P. The Morgan fingerprint density at radius 2 is 1.44 bits per heavy atom. The minimum absolute atomic E-state index is 0.139. The molecule has 0 atom stereocenters. The summed E-state index contributed by atoms with van der Waals surface area (Å²) < 4.78 is 16.4. The van der Waals surface area contributed by atoms with Gasteiger partial charge in [0.05, 0.1) is 0 Å². The molecule has 4 aromatic rings. The van der Waals surface area contributed by atoms with Crippen LogP contribution in [-0.2, 0) is 4.57 Å². The smallest absolute Gasteiger partial charge is 0.404 e. The lowest BCUT2D eigenvalue weighted by Gasteiger charge is -2.16. The summed E-state index contributed by atoms with van der Waals surface area (Å²) in [4.78, 5) is 18.6. The Kier molecular flexibility index (Phi) is 3.81. The number of hydrogen-bond acceptors (Lipinski definition) is 2. The molecule has 0 bridgehead atoms. The molecule has 2 N–H and O–H groups in total. The van der Waals surface area contributed by atoms with Crippen LogP contribution in [0.15, 0.2) is 72.8 Å². The second-order valence-electron chi connectivity index (χ2n) is 5.68. The molecule has 4 rings (SSSR count). The molecular weight excluding hydrogens is 335 g/mol. The molecule has 5 heteroatoms. The van der Waals surface area contributed by atoms with E-state index < -0.39 is 7.82 Å². The van der Waals surface area contributed by atoms with E-state index in [0.29, 0.717) is 5.56 Å². The van der Waals surface area contributed by atoms with E-state index in [9.17, 15) is 14.4 Å². The zero-order valence-electron chi connectivity index (χ0n) is 13.1. The molecule has 4 nitrogen and oxygen atoms in total. The number of benzene rings is 4. The summed E-state index contributed by atoms with van der Waals surface area (Å²) in [5, 5.41) is 3.76. The van der Waals surface area contributed by atoms with Crippen LogP contribution in [-0.4, -0.2) is 9.79 Å². The molecule has 123 valence electrons. The summed E-state index contributed by atoms with van der Waals surface area (Å²) in [6, 6.07) is 25.8. The zero-order chi connectivity index (χ0) is 17.4. The predicted molar refractivity (Wildman–Crippen MR) is 98.4 cm³/mol. The van der Waals surface area contributed by atoms with Gasteiger partial charge >= 0.3 is 7.82 Å². The van der Waals surface area contributed by atoms with Crippen LogP contribution in [0, 0.1) is 6.07 Å². The van der Waals surface area contributed by atoms with E-state index in [-0.39, 0.29) is 5.75 Å². The van der Waals surface area contributed by atoms with Gasteiger partial charge in [-0.05, 0) is 33.7 Å². The monoisotopic (exact) mass is 349 g/mol. The minimum Gasteiger partial charge on any atom is -0.404 e. The quantitative estimate of drug-likeness (QED) is 0.515. The second-order valence-corrected chi connectivity index (χ2v) is 6.85. The molecule has 0 saturated heterocycles. The van der Waals surface area contributed by atoms with E-state index in [1.807, 2.05) is 54.6 Å². The van der Waals surface area contributed by atoms with Crippen molar-refractivity contribution in [2.24, 2.45) is 0 Å². The molecule has 0 amide bonds. The van der Waals surface area contributed by atoms with Gasteiger partial charge in [-0.15, -0.1) is 0 Å². The van der Waals surface area contributed by atoms with Crippen molar-refractivity contribution in [3.8, 4) is 16.9 Å². The molecule has 0 aliphatic carbocycles. The van der Waals surface area contributed by atoms with Crippen LogP contribution in [0.5, 0.6) is 5.75 Å². The first kappa shape index (κ1) is 15.9. The minimum atomic E-state index is -4.69. The molecule has 0 heterocycles. The fraction of sp³-hybridized carbons (Fsp3) is 0. The molecule has 0 spiro atoms. The maximum absolute atomic E-state index is 11.4. The third-order valence-corrected chi connectivity index (χ3v) is 4.51. The molecule has 0 saturated carbocycles. The van der Waals surface area contributed by atoms with Crippen molar-refractivity contribution in [3.05, 3.63) is 78.9 Å². The van der Waals surface area contributed by atoms with Crippen molar-refractivity contribution < 1.29 is 18.9 Å². The van der Waals surface area contributed by atoms with Crippen molar-refractivity contribution in [1.29, 1.82) is 0 Å². The average molecular weight is 349 g/mol. The van der Waals surface area contributed by atoms with Gasteiger partial charge in [-0.2, -0.15) is 0 Å². The summed E-state index contributed by atoms with van der Waals surface area (Å²) in [5.41, 5.74) is 1.37. The van der Waals surface area contributed by atoms with Crippen molar-refractivity contribution in [1.82, 2.24) is 0 Å². The van der Waals surface area contributed by atoms with Crippen molar-refractivity contribution in [2.75, 3.05) is 0 Å². The third-order valence-electron chi connectivity index (χ3n) is 4.08. The lowest BCUT2D eigenvalue weighted by Crippen LogP contribution is -1.94. The second kappa shape index (κ2) is 6.01. The highest BCUT2D eigenvalue weighted by Gasteiger charge is 2.21. The van der Waals surface area contributed by atoms with Gasteiger partial charge in [0.15, 0.2) is 0 Å². The largest absolute Gasteiger partial charge is 0.524 e. The van der Waals surface area contributed by atoms with Crippen molar-refractivity contribution in [3.63, 3.8) is 0 Å². The van der Waals surface area contributed by atoms with Crippen LogP contribution in [0.3, 0.4) is 0 Å². The molecule has 0 unspecified atom stereocenters. The number of hydrogen-bond donors (Lipinski definition) is 2. The van der Waals surface area contributed by atoms with Gasteiger partial charge in [0.25, 0.3) is 0 Å². The summed E-state index contributed by atoms with van der Waals surface area (Å²) >= 11 is 0. The fourth-order valence-corrected chi connectivity index (χ4v) is 3.49. The van der Waals surface area contributed by atoms with Gasteiger partial charge in [-0.3, -0.25) is 9.79 Å². The maximum atomic E-state index is 11.4. The van der Waals surface area contributed by atoms with Crippen LogP contribution in [0.4, 0.5) is 0 Å². The van der Waals surface area contributed by atoms with Gasteiger partial charge in [0, 0.05) is 11.1 Å². The van der Waals surface area contributed by atoms with Crippen molar-refractivity contribution >= 4 is 29.4 Å². The number of fused-ring (bicyclic) bond motifs is 2. The molecule has 0 fully saturated rings. The Bertz CT molecular complexity index is 1130. The zero-order valence-corrected chi connectivity index (χ0v) is 14.0. The standard InChI is InChI=1S/C20H14O4P/c21-25(22,23)24-19-13-12-15-7-2-4-10-17(15)20(19)18-11-5-8-14-6-1-3-9-16(14)18/h1-10,12-13H,(H2,21,22,23). The Hall–Kier alpha value is -2.65. The first-order valence-corrected chi connectivity index (χ1v) is 9.23. The van der Waals surface area contributed by atoms with Crippen LogP contribution < -0.4 is 4.52 Å². The number of rotatable bonds is 3. The molecule has 4 aromatic carbocycles. The molecule has 0 aliphatic heterocycles. The highest BCUT2D eigenvalue weighted by atomic mass is 31.2. The number of phosphoric acid groups is 1. The van der Waals surface area contributed by atoms with Crippen molar-refractivity contribution in [2.45, 2.75) is 0 Å². The molecule has 1 radical (unpaired) electrons. The number of phosphoric ester groups is 1. The third kappa shape index (κ3) is 3.03. The van der Waals surface area contributed by atoms with Gasteiger partial charge in [-0.25, -0.2) is 4.57 Å². The highest BCUT2D eigenvalue weighted by molar-refractivity contribution is 7.46. The fourth-order valence-electron chi connectivity index (χ4n) is 3.08. The first-order valence-electron chi connectivity index (χ1n) is 7.70. The summed E-state index contributed by atoms with van der Waals surface area (Å²) in [5.74, 6) is 0.139. The Balaban J connectivity index is 2.11. The van der Waals surface area contributed by atoms with E-state index >= 15 is 0 Å². The average Bonchev–Trinajstić information content (AvgIpc) is 2.60. The Labute approximate surface area is 144 Å². The van der Waals surface area contributed by atoms with E-state index in [1.165, 1.54) is 0 Å². The van der Waals surface area contributed by atoms with E-state index in [1.54, 1.807) is 18.2 Å². The topological polar surface area (TPSA) is 66.8 Å². The lowest BCUT2D eigenvalue weighted by molar-refractivity contribution is 0.284. The highest BCUT2D eigenvalue weighted by Crippen LogP contribution is 2.46. The van der Waals surface area contributed by atoms with E-state index in [0.717, 1.165) is 27.1 Å². The molecule has 25 heavy (non-hydrogen) atoms. The van der Waals surface area contributed by atoms with Gasteiger partial charge < -0.3 is 4.52 Å². The summed E-state index contributed by atoms with van der Waals surface area (Å²) in [6.07, 6.45) is 0. The van der Waals surface area contributed by atoms with Gasteiger partial charge in [-0.1, -0.05) is 66.7 Å². The van der Waals surface area contributed by atoms with Crippen LogP contribution in [0.25, 0.3) is 32.7 Å². The lowest BCUT2D eigenvalue weighted by atomic mass is 9.93. The van der Waals surface area contributed by atoms with Gasteiger partial charge in [0.1, 0.15) is 5.75 Å². The van der Waals surface area contributed by atoms with E-state index in [4.69, 9.17) is 4.52 Å². The normalized spacial score (nSPS) is 11.8. The van der Waals surface area contributed by atoms with E-state index in [2.05, 4.69) is 6.07 Å². The molecule has 0 aliphatic rings. The summed E-state index contributed by atoms with van der Waals surface area (Å²) in [7, 11) is -4.69. The SMILES string of the molecule is O=P(O)(O)Oc1ccc2ccccc2c1-c1[c]ccc2ccccc12.